The third-order valence-corrected chi connectivity index (χ3v) is 7.44. The van der Waals surface area contributed by atoms with Crippen molar-refractivity contribution in [1.29, 1.82) is 0 Å². The molecule has 6 atom stereocenters. The molecular weight excluding hydrogens is 569 g/mol. The Hall–Kier alpha value is 0.560. The Labute approximate surface area is 240 Å². The molecule has 2 aromatic heterocycles. The number of nitrogen functional groups attached to an aromatic ring is 1. The van der Waals surface area contributed by atoms with Gasteiger partial charge in [0, 0.05) is 6.42 Å². The van der Waals surface area contributed by atoms with Crippen molar-refractivity contribution in [3.05, 3.63) is 12.7 Å². The zero-order valence-electron chi connectivity index (χ0n) is 18.0. The van der Waals surface area contributed by atoms with Gasteiger partial charge in [0.05, 0.1) is 19.0 Å². The largest absolute Gasteiger partial charge is 1.00 e. The molecule has 1 aliphatic rings. The summed E-state index contributed by atoms with van der Waals surface area (Å²) in [6, 6.07) is 0. The molecule has 3 heterocycles. The van der Waals surface area contributed by atoms with Gasteiger partial charge in [0.25, 0.3) is 15.6 Å². The SMILES string of the molecule is Nc1ncnc2c1ncn2[C@H]1C[C@H](O)[C@@H](COP(=O)(O)OP(=O)([O-])OP(=O)([O-])O)O1.O.O.O.[Na+].[Na+]. The van der Waals surface area contributed by atoms with E-state index in [1.807, 2.05) is 0 Å². The second-order valence-corrected chi connectivity index (χ2v) is 10.2. The van der Waals surface area contributed by atoms with Crippen LogP contribution in [0, 0.1) is 0 Å². The second kappa shape index (κ2) is 15.2. The number of rotatable bonds is 8. The number of aliphatic hydroxyl groups excluding tert-OH is 1. The van der Waals surface area contributed by atoms with Crippen LogP contribution in [0.3, 0.4) is 0 Å². The van der Waals surface area contributed by atoms with Gasteiger partial charge < -0.3 is 51.6 Å². The number of nitrogens with zero attached hydrogens (tertiary/aromatic N) is 4. The Morgan fingerprint density at radius 1 is 1.11 bits per heavy atom. The number of aromatic nitrogens is 4. The monoisotopic (exact) mass is 589 g/mol. The summed E-state index contributed by atoms with van der Waals surface area (Å²) in [6.07, 6.45) is -0.767. The van der Waals surface area contributed by atoms with Crippen molar-refractivity contribution in [3.8, 4) is 0 Å². The van der Waals surface area contributed by atoms with Gasteiger partial charge in [0.2, 0.25) is 0 Å². The molecule has 0 radical (unpaired) electrons. The summed E-state index contributed by atoms with van der Waals surface area (Å²) in [4.78, 5) is 51.2. The van der Waals surface area contributed by atoms with Crippen LogP contribution in [0.25, 0.3) is 11.2 Å². The third-order valence-electron chi connectivity index (χ3n) is 3.71. The first-order chi connectivity index (χ1) is 13.8. The molecular formula is C10H20N5Na2O15P3. The van der Waals surface area contributed by atoms with Gasteiger partial charge >= 0.3 is 66.9 Å². The Kier molecular flexibility index (Phi) is 17.4. The molecule has 2 aromatic rings. The van der Waals surface area contributed by atoms with Crippen molar-refractivity contribution in [3.63, 3.8) is 0 Å². The molecule has 0 amide bonds. The molecule has 35 heavy (non-hydrogen) atoms. The van der Waals surface area contributed by atoms with E-state index in [-0.39, 0.29) is 93.3 Å². The Balaban J connectivity index is -0.00000205. The van der Waals surface area contributed by atoms with E-state index in [0.717, 1.165) is 0 Å². The number of phosphoric acid groups is 3. The van der Waals surface area contributed by atoms with E-state index in [1.54, 1.807) is 0 Å². The van der Waals surface area contributed by atoms with Gasteiger partial charge in [-0.2, -0.15) is 0 Å². The van der Waals surface area contributed by atoms with E-state index in [9.17, 15) is 33.5 Å². The number of hydrogen-bond donors (Lipinski definition) is 4. The van der Waals surface area contributed by atoms with Gasteiger partial charge in [0.15, 0.2) is 11.5 Å². The molecule has 20 nitrogen and oxygen atoms in total. The molecule has 3 rings (SSSR count). The maximum absolute atomic E-state index is 11.7. The molecule has 0 aromatic carbocycles. The summed E-state index contributed by atoms with van der Waals surface area (Å²) in [5, 5.41) is 10.1. The van der Waals surface area contributed by atoms with Crippen LogP contribution in [-0.2, 0) is 31.6 Å². The smallest absolute Gasteiger partial charge is 0.756 e. The maximum Gasteiger partial charge on any atom is 1.00 e. The summed E-state index contributed by atoms with van der Waals surface area (Å²) < 4.78 is 51.5. The Morgan fingerprint density at radius 3 is 2.29 bits per heavy atom. The minimum Gasteiger partial charge on any atom is -0.756 e. The summed E-state index contributed by atoms with van der Waals surface area (Å²) in [6.45, 7) is -0.830. The number of aliphatic hydroxyl groups is 1. The van der Waals surface area contributed by atoms with Gasteiger partial charge in [-0.3, -0.25) is 18.2 Å². The van der Waals surface area contributed by atoms with Crippen molar-refractivity contribution in [2.24, 2.45) is 0 Å². The van der Waals surface area contributed by atoms with E-state index >= 15 is 0 Å². The second-order valence-electron chi connectivity index (χ2n) is 5.86. The van der Waals surface area contributed by atoms with Gasteiger partial charge in [-0.1, -0.05) is 0 Å². The van der Waals surface area contributed by atoms with Crippen LogP contribution in [0.2, 0.25) is 0 Å². The van der Waals surface area contributed by atoms with Crippen molar-refractivity contribution in [2.75, 3.05) is 12.3 Å². The first kappa shape index (κ1) is 40.1. The zero-order chi connectivity index (χ0) is 22.3. The van der Waals surface area contributed by atoms with Crippen LogP contribution in [-0.4, -0.2) is 69.7 Å². The van der Waals surface area contributed by atoms with Crippen molar-refractivity contribution >= 4 is 40.4 Å². The molecule has 0 saturated carbocycles. The maximum atomic E-state index is 11.7. The van der Waals surface area contributed by atoms with Crippen LogP contribution >= 0.6 is 23.5 Å². The normalized spacial score (nSPS) is 24.1. The topological polar surface area (TPSA) is 359 Å². The molecule has 11 N–H and O–H groups in total. The molecule has 1 fully saturated rings. The molecule has 25 heteroatoms. The van der Waals surface area contributed by atoms with Crippen LogP contribution in [0.1, 0.15) is 12.6 Å². The molecule has 1 saturated heterocycles. The quantitative estimate of drug-likeness (QED) is 0.164. The minimum absolute atomic E-state index is 0. The van der Waals surface area contributed by atoms with Crippen molar-refractivity contribution < 1.29 is 132 Å². The van der Waals surface area contributed by atoms with Crippen molar-refractivity contribution in [2.45, 2.75) is 24.9 Å². The predicted octanol–water partition coefficient (Wildman–Crippen LogP) is -10.3. The number of imidazole rings is 1. The standard InChI is InChI=1S/C10H16N5O12P3.2Na.3H2O/c11-9-8-10(13-3-12-9)15(4-14-8)7-1-5(16)6(25-7)2-24-29(20,21)27-30(22,23)26-28(17,18)19;;;;;/h3-7,16H,1-2H2,(H,20,21)(H,22,23)(H2,11,12,13)(H2,17,18,19);;;3*1H2/q;2*+1;;;/p-2/t5-,6+,7+;;;;;/m0...../s1. The van der Waals surface area contributed by atoms with Crippen molar-refractivity contribution in [1.82, 2.24) is 19.5 Å². The summed E-state index contributed by atoms with van der Waals surface area (Å²) in [5.74, 6) is 0.116. The van der Waals surface area contributed by atoms with Gasteiger partial charge in [-0.15, -0.1) is 0 Å². The van der Waals surface area contributed by atoms with Crippen LogP contribution in [0.4, 0.5) is 5.82 Å². The average Bonchev–Trinajstić information content (AvgIpc) is 3.14. The Morgan fingerprint density at radius 2 is 1.71 bits per heavy atom. The van der Waals surface area contributed by atoms with E-state index in [0.29, 0.717) is 5.65 Å². The number of fused-ring (bicyclic) bond motifs is 1. The number of nitrogens with two attached hydrogens (primary N) is 1. The van der Waals surface area contributed by atoms with E-state index < -0.39 is 48.5 Å². The van der Waals surface area contributed by atoms with Gasteiger partial charge in [-0.25, -0.2) is 28.1 Å². The average molecular weight is 589 g/mol. The number of anilines is 1. The molecule has 3 unspecified atom stereocenters. The third kappa shape index (κ3) is 11.1. The van der Waals surface area contributed by atoms with Gasteiger partial charge in [0.1, 0.15) is 24.2 Å². The number of ether oxygens (including phenoxy) is 1. The molecule has 0 bridgehead atoms. The fraction of sp³-hybridized carbons (Fsp3) is 0.500. The molecule has 0 spiro atoms. The van der Waals surface area contributed by atoms with E-state index in [2.05, 4.69) is 28.1 Å². The van der Waals surface area contributed by atoms with Crippen LogP contribution in [0.5, 0.6) is 0 Å². The molecule has 0 aliphatic carbocycles. The first-order valence-electron chi connectivity index (χ1n) is 7.78. The summed E-state index contributed by atoms with van der Waals surface area (Å²) in [7, 11) is -17.2. The predicted molar refractivity (Wildman–Crippen MR) is 100 cm³/mol. The van der Waals surface area contributed by atoms with Crippen LogP contribution < -0.4 is 74.6 Å². The number of hydrogen-bond acceptors (Lipinski definition) is 14. The summed E-state index contributed by atoms with van der Waals surface area (Å²) >= 11 is 0. The van der Waals surface area contributed by atoms with Gasteiger partial charge in [-0.05, 0) is 0 Å². The fourth-order valence-corrected chi connectivity index (χ4v) is 5.51. The molecule has 192 valence electrons. The Bertz CT molecular complexity index is 1090. The number of phosphoric ester groups is 1. The van der Waals surface area contributed by atoms with E-state index in [1.165, 1.54) is 17.2 Å². The summed E-state index contributed by atoms with van der Waals surface area (Å²) in [5.41, 5.74) is 6.27. The fourth-order valence-electron chi connectivity index (χ4n) is 2.58. The molecule has 1 aliphatic heterocycles. The zero-order valence-corrected chi connectivity index (χ0v) is 24.7. The minimum atomic E-state index is -5.95. The first-order valence-corrected chi connectivity index (χ1v) is 12.2. The van der Waals surface area contributed by atoms with E-state index in [4.69, 9.17) is 15.4 Å². The van der Waals surface area contributed by atoms with Crippen LogP contribution in [0.15, 0.2) is 12.7 Å².